The smallest absolute Gasteiger partial charge is 0.410 e. The summed E-state index contributed by atoms with van der Waals surface area (Å²) in [5.74, 6) is 4.30. The lowest BCUT2D eigenvalue weighted by molar-refractivity contribution is -0.123. The molecule has 6 aliphatic heterocycles. The van der Waals surface area contributed by atoms with Gasteiger partial charge in [0.15, 0.2) is 11.7 Å². The van der Waals surface area contributed by atoms with Crippen molar-refractivity contribution in [3.8, 4) is 11.5 Å². The van der Waals surface area contributed by atoms with E-state index in [0.717, 1.165) is 69.1 Å². The van der Waals surface area contributed by atoms with Gasteiger partial charge in [-0.2, -0.15) is 10.2 Å². The maximum absolute atomic E-state index is 12.5. The van der Waals surface area contributed by atoms with Crippen LogP contribution in [0.15, 0.2) is 43.4 Å². The van der Waals surface area contributed by atoms with Crippen molar-refractivity contribution in [3.05, 3.63) is 44.3 Å². The number of amidine groups is 2. The summed E-state index contributed by atoms with van der Waals surface area (Å²) in [7, 11) is 0. The average molecular weight is 923 g/mol. The molecule has 6 heterocycles. The summed E-state index contributed by atoms with van der Waals surface area (Å²) in [6, 6.07) is 7.64. The topological polar surface area (TPSA) is 149 Å². The number of carbonyl (C=O) groups is 3. The lowest BCUT2D eigenvalue weighted by Crippen LogP contribution is -2.55. The van der Waals surface area contributed by atoms with Crippen molar-refractivity contribution in [3.63, 3.8) is 0 Å². The second-order valence-corrected chi connectivity index (χ2v) is 17.9. The zero-order valence-electron chi connectivity index (χ0n) is 32.8. The molecule has 6 atom stereocenters. The molecule has 14 nitrogen and oxygen atoms in total. The Labute approximate surface area is 351 Å². The Morgan fingerprint density at radius 1 is 0.804 bits per heavy atom. The van der Waals surface area contributed by atoms with Crippen molar-refractivity contribution in [2.75, 3.05) is 49.2 Å². The van der Waals surface area contributed by atoms with E-state index in [4.69, 9.17) is 14.2 Å². The number of benzene rings is 2. The first-order chi connectivity index (χ1) is 26.1. The van der Waals surface area contributed by atoms with Crippen LogP contribution in [-0.4, -0.2) is 91.6 Å². The van der Waals surface area contributed by atoms with Crippen molar-refractivity contribution in [2.24, 2.45) is 22.0 Å². The van der Waals surface area contributed by atoms with Gasteiger partial charge in [0, 0.05) is 22.0 Å². The standard InChI is InChI=1S/C22H29BrN4O4.C17H21BrN4O2.ClH/c1-12-10-26(21(29)31-22(3,4)5)7-6-14(12)15-8-17-18(9-16(15)23)30-11-19-24-25-20(28)13(2)27(17)19;1-9-7-19-4-3-11(9)12-5-14-15(6-13(12)18)24-8-16-20-21-17(23)10(2)22(14)16;/h8-9,12-14H,6-7,10-11H2,1-5H3,(H,25,28);5-6,9-11,19H,3-4,7-8H2,1-2H3,(H,21,23);1H/t12-,13+,14+;9-,10+,11+;/m00./s1. The number of amides is 3. The summed E-state index contributed by atoms with van der Waals surface area (Å²) in [5, 5.41) is 11.8. The Balaban J connectivity index is 0.000000192. The SMILES string of the molecule is C[C@@H]1C(=O)NN=C2COc3cc(Br)c([C@@H]4CCN(C(=O)OC(C)(C)C)C[C@@H]4C)cc3N21.C[C@@H]1C(=O)NN=C2COc3cc(Br)c([C@@H]4CCNC[C@@H]4C)cc3N21.Cl. The van der Waals surface area contributed by atoms with Crippen molar-refractivity contribution in [2.45, 2.75) is 90.8 Å². The Hall–Kier alpha value is -3.60. The van der Waals surface area contributed by atoms with E-state index < -0.39 is 5.60 Å². The van der Waals surface area contributed by atoms with Crippen LogP contribution in [0.4, 0.5) is 16.2 Å². The summed E-state index contributed by atoms with van der Waals surface area (Å²) >= 11 is 7.45. The predicted octanol–water partition coefficient (Wildman–Crippen LogP) is 6.45. The molecule has 0 bridgehead atoms. The maximum Gasteiger partial charge on any atom is 0.410 e. The Morgan fingerprint density at radius 3 is 1.77 bits per heavy atom. The van der Waals surface area contributed by atoms with E-state index in [9.17, 15) is 14.4 Å². The number of carbonyl (C=O) groups excluding carboxylic acids is 3. The third kappa shape index (κ3) is 8.35. The average Bonchev–Trinajstić information content (AvgIpc) is 3.14. The van der Waals surface area contributed by atoms with Crippen LogP contribution in [0.3, 0.4) is 0 Å². The zero-order chi connectivity index (χ0) is 39.3. The number of halogens is 3. The van der Waals surface area contributed by atoms with E-state index in [0.29, 0.717) is 44.0 Å². The third-order valence-electron chi connectivity index (χ3n) is 11.2. The number of hydrazone groups is 2. The van der Waals surface area contributed by atoms with Crippen molar-refractivity contribution in [1.82, 2.24) is 21.1 Å². The van der Waals surface area contributed by atoms with Crippen molar-refractivity contribution in [1.29, 1.82) is 0 Å². The number of ether oxygens (including phenoxy) is 3. The molecule has 0 aliphatic carbocycles. The van der Waals surface area contributed by atoms with Crippen LogP contribution in [0.5, 0.6) is 11.5 Å². The van der Waals surface area contributed by atoms with E-state index in [1.165, 1.54) is 5.56 Å². The molecule has 0 unspecified atom stereocenters. The normalized spacial score (nSPS) is 26.7. The van der Waals surface area contributed by atoms with Gasteiger partial charge in [-0.1, -0.05) is 45.7 Å². The highest BCUT2D eigenvalue weighted by molar-refractivity contribution is 9.10. The first-order valence-electron chi connectivity index (χ1n) is 19.0. The number of fused-ring (bicyclic) bond motifs is 6. The van der Waals surface area contributed by atoms with Gasteiger partial charge in [-0.3, -0.25) is 9.59 Å². The molecular formula is C39H51Br2ClN8O6. The lowest BCUT2D eigenvalue weighted by Gasteiger charge is -2.40. The fourth-order valence-corrected chi connectivity index (χ4v) is 9.50. The second kappa shape index (κ2) is 16.7. The van der Waals surface area contributed by atoms with Gasteiger partial charge in [0.25, 0.3) is 11.8 Å². The van der Waals surface area contributed by atoms with E-state index in [1.54, 1.807) is 4.90 Å². The number of hydrogen-bond acceptors (Lipinski definition) is 11. The Kier molecular flexibility index (Phi) is 12.5. The monoisotopic (exact) mass is 920 g/mol. The van der Waals surface area contributed by atoms with Gasteiger partial charge in [-0.05, 0) is 120 Å². The van der Waals surface area contributed by atoms with Gasteiger partial charge >= 0.3 is 6.09 Å². The highest BCUT2D eigenvalue weighted by Crippen LogP contribution is 2.46. The minimum Gasteiger partial charge on any atom is -0.483 e. The molecule has 2 fully saturated rings. The van der Waals surface area contributed by atoms with Crippen LogP contribution in [-0.2, 0) is 14.3 Å². The number of rotatable bonds is 2. The molecule has 6 aliphatic rings. The molecule has 56 heavy (non-hydrogen) atoms. The molecule has 8 rings (SSSR count). The number of hydrogen-bond donors (Lipinski definition) is 3. The van der Waals surface area contributed by atoms with Crippen LogP contribution in [0, 0.1) is 11.8 Å². The van der Waals surface area contributed by atoms with Gasteiger partial charge in [0.2, 0.25) is 0 Å². The Morgan fingerprint density at radius 2 is 1.30 bits per heavy atom. The van der Waals surface area contributed by atoms with Crippen LogP contribution in [0.1, 0.15) is 84.3 Å². The minimum atomic E-state index is -0.505. The fraction of sp³-hybridized carbons (Fsp3) is 0.564. The van der Waals surface area contributed by atoms with Gasteiger partial charge in [-0.15, -0.1) is 12.4 Å². The highest BCUT2D eigenvalue weighted by atomic mass is 79.9. The van der Waals surface area contributed by atoms with Gasteiger partial charge in [-0.25, -0.2) is 15.6 Å². The van der Waals surface area contributed by atoms with Gasteiger partial charge < -0.3 is 34.2 Å². The molecule has 2 aromatic rings. The van der Waals surface area contributed by atoms with Gasteiger partial charge in [0.1, 0.15) is 42.4 Å². The van der Waals surface area contributed by atoms with E-state index >= 15 is 0 Å². The molecule has 0 saturated carbocycles. The lowest BCUT2D eigenvalue weighted by atomic mass is 9.81. The van der Waals surface area contributed by atoms with E-state index in [2.05, 4.69) is 84.2 Å². The largest absolute Gasteiger partial charge is 0.483 e. The molecule has 304 valence electrons. The number of likely N-dealkylation sites (tertiary alicyclic amines) is 1. The second-order valence-electron chi connectivity index (χ2n) is 16.2. The molecular weight excluding hydrogens is 872 g/mol. The van der Waals surface area contributed by atoms with Gasteiger partial charge in [0.05, 0.1) is 11.4 Å². The molecule has 0 spiro atoms. The molecule has 2 aromatic carbocycles. The van der Waals surface area contributed by atoms with E-state index in [-0.39, 0.29) is 54.2 Å². The van der Waals surface area contributed by atoms with E-state index in [1.807, 2.05) is 56.6 Å². The molecule has 17 heteroatoms. The number of nitrogens with zero attached hydrogens (tertiary/aromatic N) is 5. The summed E-state index contributed by atoms with van der Waals surface area (Å²) in [6.07, 6.45) is 1.68. The van der Waals surface area contributed by atoms with Crippen LogP contribution >= 0.6 is 44.3 Å². The number of nitrogens with one attached hydrogen (secondary N) is 3. The number of piperidine rings is 2. The summed E-state index contributed by atoms with van der Waals surface area (Å²) in [6.45, 7) is 17.9. The highest BCUT2D eigenvalue weighted by Gasteiger charge is 2.39. The minimum absolute atomic E-state index is 0. The molecule has 3 N–H and O–H groups in total. The number of anilines is 2. The molecule has 2 saturated heterocycles. The summed E-state index contributed by atoms with van der Waals surface area (Å²) in [5.41, 5.74) is 8.85. The van der Waals surface area contributed by atoms with Crippen molar-refractivity contribution >= 4 is 85.2 Å². The maximum atomic E-state index is 12.5. The zero-order valence-corrected chi connectivity index (χ0v) is 36.8. The van der Waals surface area contributed by atoms with Crippen molar-refractivity contribution < 1.29 is 28.6 Å². The summed E-state index contributed by atoms with van der Waals surface area (Å²) < 4.78 is 19.4. The fourth-order valence-electron chi connectivity index (χ4n) is 8.27. The quantitative estimate of drug-likeness (QED) is 0.309. The predicted molar refractivity (Wildman–Crippen MR) is 225 cm³/mol. The van der Waals surface area contributed by atoms with Crippen LogP contribution in [0.25, 0.3) is 0 Å². The molecule has 0 radical (unpaired) electrons. The first-order valence-corrected chi connectivity index (χ1v) is 20.6. The van der Waals surface area contributed by atoms with Crippen LogP contribution < -0.4 is 35.4 Å². The third-order valence-corrected chi connectivity index (χ3v) is 12.6. The molecule has 3 amide bonds. The summed E-state index contributed by atoms with van der Waals surface area (Å²) in [4.78, 5) is 42.5. The molecule has 0 aromatic heterocycles. The first kappa shape index (κ1) is 42.0. The Bertz CT molecular complexity index is 1940. The van der Waals surface area contributed by atoms with Crippen LogP contribution in [0.2, 0.25) is 0 Å².